The molecule has 0 saturated heterocycles. The molecule has 0 fully saturated rings. The predicted molar refractivity (Wildman–Crippen MR) is 107 cm³/mol. The van der Waals surface area contributed by atoms with Gasteiger partial charge in [-0.05, 0) is 39.2 Å². The van der Waals surface area contributed by atoms with Crippen LogP contribution >= 0.6 is 0 Å². The molecule has 0 aliphatic heterocycles. The van der Waals surface area contributed by atoms with Crippen LogP contribution in [0.1, 0.15) is 65.7 Å². The Kier molecular flexibility index (Phi) is 11.5. The fourth-order valence-corrected chi connectivity index (χ4v) is 2.73. The average Bonchev–Trinajstić information content (AvgIpc) is 2.60. The summed E-state index contributed by atoms with van der Waals surface area (Å²) < 4.78 is 1.76. The summed E-state index contributed by atoms with van der Waals surface area (Å²) in [5.74, 6) is 0.905. The number of aliphatic imine (C=N–C) groups is 1. The second-order valence-corrected chi connectivity index (χ2v) is 6.59. The molecule has 0 radical (unpaired) electrons. The molecule has 1 rings (SSSR count). The molecule has 0 bridgehead atoms. The van der Waals surface area contributed by atoms with Crippen molar-refractivity contribution in [2.75, 3.05) is 13.1 Å². The van der Waals surface area contributed by atoms with Crippen LogP contribution in [-0.2, 0) is 6.54 Å². The molecule has 0 spiro atoms. The van der Waals surface area contributed by atoms with E-state index < -0.39 is 0 Å². The van der Waals surface area contributed by atoms with E-state index in [2.05, 4.69) is 36.4 Å². The van der Waals surface area contributed by atoms with Gasteiger partial charge in [-0.15, -0.1) is 0 Å². The van der Waals surface area contributed by atoms with Gasteiger partial charge in [0.15, 0.2) is 5.96 Å². The Balaban J connectivity index is 2.29. The van der Waals surface area contributed by atoms with Crippen molar-refractivity contribution in [2.24, 2.45) is 4.99 Å². The maximum absolute atomic E-state index is 11.6. The molecule has 1 heterocycles. The van der Waals surface area contributed by atoms with Crippen LogP contribution in [0.15, 0.2) is 34.2 Å². The van der Waals surface area contributed by atoms with E-state index in [1.54, 1.807) is 16.7 Å². The lowest BCUT2D eigenvalue weighted by atomic mass is 10.1. The van der Waals surface area contributed by atoms with Crippen LogP contribution in [-0.4, -0.2) is 29.7 Å². The number of unbranched alkanes of at least 4 members (excludes halogenated alkanes) is 4. The first-order chi connectivity index (χ1) is 12.2. The fraction of sp³-hybridized carbons (Fsp3) is 0.700. The predicted octanol–water partition coefficient (Wildman–Crippen LogP) is 3.54. The SMILES string of the molecule is CCCCCCC(C)NC(=NCCCCn1ccccc1=O)NCC. The number of guanidine groups is 1. The highest BCUT2D eigenvalue weighted by Crippen LogP contribution is 2.05. The fourth-order valence-electron chi connectivity index (χ4n) is 2.73. The van der Waals surface area contributed by atoms with E-state index in [0.717, 1.165) is 38.4 Å². The van der Waals surface area contributed by atoms with Crippen LogP contribution in [0.5, 0.6) is 0 Å². The third-order valence-electron chi connectivity index (χ3n) is 4.19. The zero-order valence-corrected chi connectivity index (χ0v) is 16.3. The number of rotatable bonds is 12. The van der Waals surface area contributed by atoms with Gasteiger partial charge in [0.05, 0.1) is 0 Å². The minimum atomic E-state index is 0.0675. The van der Waals surface area contributed by atoms with Gasteiger partial charge in [0.1, 0.15) is 0 Å². The molecule has 0 aromatic carbocycles. The summed E-state index contributed by atoms with van der Waals surface area (Å²) in [6.45, 7) is 8.96. The molecular weight excluding hydrogens is 312 g/mol. The molecule has 1 atom stereocenters. The Morgan fingerprint density at radius 1 is 1.16 bits per heavy atom. The smallest absolute Gasteiger partial charge is 0.250 e. The van der Waals surface area contributed by atoms with Gasteiger partial charge in [-0.1, -0.05) is 38.7 Å². The molecule has 0 aliphatic carbocycles. The summed E-state index contributed by atoms with van der Waals surface area (Å²) in [5, 5.41) is 6.81. The largest absolute Gasteiger partial charge is 0.357 e. The van der Waals surface area contributed by atoms with Gasteiger partial charge in [-0.2, -0.15) is 0 Å². The lowest BCUT2D eigenvalue weighted by Gasteiger charge is -2.17. The highest BCUT2D eigenvalue weighted by atomic mass is 16.1. The molecule has 0 saturated carbocycles. The Bertz CT molecular complexity index is 538. The van der Waals surface area contributed by atoms with E-state index >= 15 is 0 Å². The molecule has 0 aliphatic rings. The summed E-state index contributed by atoms with van der Waals surface area (Å²) >= 11 is 0. The molecule has 142 valence electrons. The molecule has 25 heavy (non-hydrogen) atoms. The second kappa shape index (κ2) is 13.5. The number of hydrogen-bond acceptors (Lipinski definition) is 2. The van der Waals surface area contributed by atoms with E-state index in [9.17, 15) is 4.79 Å². The lowest BCUT2D eigenvalue weighted by molar-refractivity contribution is 0.536. The number of hydrogen-bond donors (Lipinski definition) is 2. The number of nitrogens with one attached hydrogen (secondary N) is 2. The minimum Gasteiger partial charge on any atom is -0.357 e. The van der Waals surface area contributed by atoms with E-state index in [0.29, 0.717) is 6.04 Å². The van der Waals surface area contributed by atoms with Crippen molar-refractivity contribution in [2.45, 2.75) is 78.3 Å². The van der Waals surface area contributed by atoms with Gasteiger partial charge < -0.3 is 15.2 Å². The first kappa shape index (κ1) is 21.3. The van der Waals surface area contributed by atoms with Crippen molar-refractivity contribution in [1.82, 2.24) is 15.2 Å². The topological polar surface area (TPSA) is 58.4 Å². The van der Waals surface area contributed by atoms with Crippen molar-refractivity contribution in [1.29, 1.82) is 0 Å². The van der Waals surface area contributed by atoms with E-state index in [-0.39, 0.29) is 5.56 Å². The Hall–Kier alpha value is -1.78. The highest BCUT2D eigenvalue weighted by Gasteiger charge is 2.04. The molecule has 1 aromatic rings. The maximum Gasteiger partial charge on any atom is 0.250 e. The first-order valence-corrected chi connectivity index (χ1v) is 9.87. The van der Waals surface area contributed by atoms with Crippen LogP contribution < -0.4 is 16.2 Å². The number of aryl methyl sites for hydroxylation is 1. The number of aromatic nitrogens is 1. The van der Waals surface area contributed by atoms with Crippen molar-refractivity contribution >= 4 is 5.96 Å². The summed E-state index contributed by atoms with van der Waals surface area (Å²) in [7, 11) is 0. The molecule has 1 aromatic heterocycles. The van der Waals surface area contributed by atoms with Crippen LogP contribution in [0, 0.1) is 0 Å². The van der Waals surface area contributed by atoms with E-state index in [1.165, 1.54) is 32.1 Å². The third kappa shape index (κ3) is 9.95. The van der Waals surface area contributed by atoms with Gasteiger partial charge in [0.25, 0.3) is 0 Å². The van der Waals surface area contributed by atoms with Crippen molar-refractivity contribution < 1.29 is 0 Å². The summed E-state index contributed by atoms with van der Waals surface area (Å²) in [5.41, 5.74) is 0.0675. The highest BCUT2D eigenvalue weighted by molar-refractivity contribution is 5.79. The van der Waals surface area contributed by atoms with Crippen LogP contribution in [0.3, 0.4) is 0 Å². The van der Waals surface area contributed by atoms with Gasteiger partial charge in [0.2, 0.25) is 5.56 Å². The van der Waals surface area contributed by atoms with Crippen LogP contribution in [0.2, 0.25) is 0 Å². The van der Waals surface area contributed by atoms with Crippen molar-refractivity contribution in [3.8, 4) is 0 Å². The first-order valence-electron chi connectivity index (χ1n) is 9.87. The number of nitrogens with zero attached hydrogens (tertiary/aromatic N) is 2. The van der Waals surface area contributed by atoms with E-state index in [1.807, 2.05) is 12.3 Å². The monoisotopic (exact) mass is 348 g/mol. The normalized spacial score (nSPS) is 12.8. The Morgan fingerprint density at radius 2 is 2.00 bits per heavy atom. The molecule has 2 N–H and O–H groups in total. The second-order valence-electron chi connectivity index (χ2n) is 6.59. The Labute approximate surface area is 152 Å². The zero-order chi connectivity index (χ0) is 18.3. The van der Waals surface area contributed by atoms with Crippen molar-refractivity contribution in [3.05, 3.63) is 34.7 Å². The third-order valence-corrected chi connectivity index (χ3v) is 4.19. The summed E-state index contributed by atoms with van der Waals surface area (Å²) in [6, 6.07) is 5.72. The van der Waals surface area contributed by atoms with Gasteiger partial charge in [-0.3, -0.25) is 9.79 Å². The average molecular weight is 349 g/mol. The number of pyridine rings is 1. The maximum atomic E-state index is 11.6. The van der Waals surface area contributed by atoms with Crippen LogP contribution in [0.4, 0.5) is 0 Å². The summed E-state index contributed by atoms with van der Waals surface area (Å²) in [4.78, 5) is 16.3. The molecule has 5 nitrogen and oxygen atoms in total. The van der Waals surface area contributed by atoms with Crippen LogP contribution in [0.25, 0.3) is 0 Å². The molecule has 1 unspecified atom stereocenters. The van der Waals surface area contributed by atoms with Gasteiger partial charge in [-0.25, -0.2) is 0 Å². The minimum absolute atomic E-state index is 0.0675. The molecule has 5 heteroatoms. The standard InChI is InChI=1S/C20H36N4O/c1-4-6-7-8-13-18(3)23-20(21-5-2)22-15-10-12-17-24-16-11-9-14-19(24)25/h9,11,14,16,18H,4-8,10,12-13,15,17H2,1-3H3,(H2,21,22,23). The molecule has 0 amide bonds. The Morgan fingerprint density at radius 3 is 2.72 bits per heavy atom. The quantitative estimate of drug-likeness (QED) is 0.345. The van der Waals surface area contributed by atoms with Gasteiger partial charge in [0, 0.05) is 37.9 Å². The van der Waals surface area contributed by atoms with E-state index in [4.69, 9.17) is 0 Å². The van der Waals surface area contributed by atoms with Gasteiger partial charge >= 0.3 is 0 Å². The zero-order valence-electron chi connectivity index (χ0n) is 16.3. The lowest BCUT2D eigenvalue weighted by Crippen LogP contribution is -2.42. The van der Waals surface area contributed by atoms with Crippen molar-refractivity contribution in [3.63, 3.8) is 0 Å². The molecular formula is C20H36N4O. The summed E-state index contributed by atoms with van der Waals surface area (Å²) in [6.07, 6.45) is 10.1.